The maximum Gasteiger partial charge on any atom is 0.00148 e. The van der Waals surface area contributed by atoms with E-state index >= 15 is 0 Å². The quantitative estimate of drug-likeness (QED) is 0.541. The summed E-state index contributed by atoms with van der Waals surface area (Å²) in [6.07, 6.45) is 16.2. The highest BCUT2D eigenvalue weighted by Crippen LogP contribution is 2.19. The third kappa shape index (κ3) is 2.54. The van der Waals surface area contributed by atoms with Crippen LogP contribution in [0.2, 0.25) is 0 Å². The molecule has 0 aromatic carbocycles. The average molecular weight is 160 g/mol. The van der Waals surface area contributed by atoms with Gasteiger partial charge in [0.25, 0.3) is 0 Å². The molecule has 0 saturated heterocycles. The fraction of sp³-hybridized carbons (Fsp3) is 0.333. The Morgan fingerprint density at radius 3 is 2.83 bits per heavy atom. The van der Waals surface area contributed by atoms with Crippen molar-refractivity contribution in [3.05, 3.63) is 48.1 Å². The second-order valence-corrected chi connectivity index (χ2v) is 3.09. The van der Waals surface area contributed by atoms with Crippen LogP contribution in [0.15, 0.2) is 48.1 Å². The van der Waals surface area contributed by atoms with E-state index in [1.54, 1.807) is 0 Å². The third-order valence-corrected chi connectivity index (χ3v) is 2.12. The average Bonchev–Trinajstić information content (AvgIpc) is 2.15. The van der Waals surface area contributed by atoms with Crippen LogP contribution in [0.25, 0.3) is 0 Å². The Hall–Kier alpha value is -1.04. The van der Waals surface area contributed by atoms with E-state index in [-0.39, 0.29) is 0 Å². The Balaban J connectivity index is 2.58. The molecule has 0 radical (unpaired) electrons. The van der Waals surface area contributed by atoms with E-state index in [1.807, 2.05) is 6.92 Å². The summed E-state index contributed by atoms with van der Waals surface area (Å²) in [5.41, 5.74) is 1.44. The van der Waals surface area contributed by atoms with E-state index in [4.69, 9.17) is 0 Å². The number of hydrogen-bond acceptors (Lipinski definition) is 0. The molecule has 1 aliphatic rings. The first-order valence-electron chi connectivity index (χ1n) is 4.47. The van der Waals surface area contributed by atoms with Crippen molar-refractivity contribution in [2.24, 2.45) is 5.92 Å². The van der Waals surface area contributed by atoms with Crippen molar-refractivity contribution in [1.29, 1.82) is 0 Å². The van der Waals surface area contributed by atoms with Crippen LogP contribution in [0.3, 0.4) is 0 Å². The summed E-state index contributed by atoms with van der Waals surface area (Å²) in [4.78, 5) is 0. The molecule has 0 heterocycles. The van der Waals surface area contributed by atoms with Crippen molar-refractivity contribution in [3.8, 4) is 0 Å². The van der Waals surface area contributed by atoms with Crippen molar-refractivity contribution in [3.63, 3.8) is 0 Å². The third-order valence-electron chi connectivity index (χ3n) is 2.12. The minimum atomic E-state index is 0.617. The fourth-order valence-electron chi connectivity index (χ4n) is 1.29. The van der Waals surface area contributed by atoms with E-state index in [2.05, 4.69) is 49.5 Å². The summed E-state index contributed by atoms with van der Waals surface area (Å²) in [6.45, 7) is 4.23. The van der Waals surface area contributed by atoms with Gasteiger partial charge >= 0.3 is 0 Å². The smallest absolute Gasteiger partial charge is 0.00148 e. The molecule has 0 bridgehead atoms. The molecule has 0 spiro atoms. The Bertz CT molecular complexity index is 239. The normalized spacial score (nSPS) is 23.8. The molecule has 0 heteroatoms. The van der Waals surface area contributed by atoms with E-state index in [1.165, 1.54) is 5.57 Å². The first-order chi connectivity index (χ1) is 5.84. The molecule has 0 nitrogen and oxygen atoms in total. The lowest BCUT2D eigenvalue weighted by atomic mass is 9.93. The molecule has 12 heavy (non-hydrogen) atoms. The Morgan fingerprint density at radius 2 is 2.25 bits per heavy atom. The van der Waals surface area contributed by atoms with Crippen LogP contribution in [0.1, 0.15) is 20.3 Å². The number of hydrogen-bond donors (Lipinski definition) is 0. The second-order valence-electron chi connectivity index (χ2n) is 3.09. The zero-order chi connectivity index (χ0) is 8.81. The fourth-order valence-corrected chi connectivity index (χ4v) is 1.29. The molecule has 1 aliphatic carbocycles. The van der Waals surface area contributed by atoms with Gasteiger partial charge in [0, 0.05) is 5.92 Å². The largest absolute Gasteiger partial charge is 0.0877 e. The molecule has 64 valence electrons. The van der Waals surface area contributed by atoms with Crippen LogP contribution >= 0.6 is 0 Å². The highest BCUT2D eigenvalue weighted by Gasteiger charge is 2.05. The van der Waals surface area contributed by atoms with Gasteiger partial charge in [-0.05, 0) is 20.3 Å². The van der Waals surface area contributed by atoms with Crippen LogP contribution in [0.5, 0.6) is 0 Å². The van der Waals surface area contributed by atoms with Gasteiger partial charge in [0.1, 0.15) is 0 Å². The lowest BCUT2D eigenvalue weighted by Gasteiger charge is -2.12. The molecule has 1 atom stereocenters. The Morgan fingerprint density at radius 1 is 1.42 bits per heavy atom. The van der Waals surface area contributed by atoms with E-state index in [0.29, 0.717) is 5.92 Å². The van der Waals surface area contributed by atoms with Crippen LogP contribution in [-0.4, -0.2) is 0 Å². The van der Waals surface area contributed by atoms with E-state index in [9.17, 15) is 0 Å². The highest BCUT2D eigenvalue weighted by molar-refractivity contribution is 5.23. The molecule has 0 N–H and O–H groups in total. The molecule has 0 aromatic rings. The van der Waals surface area contributed by atoms with Crippen molar-refractivity contribution in [1.82, 2.24) is 0 Å². The summed E-state index contributed by atoms with van der Waals surface area (Å²) < 4.78 is 0. The molecule has 0 aliphatic heterocycles. The van der Waals surface area contributed by atoms with Gasteiger partial charge in [0.05, 0.1) is 0 Å². The lowest BCUT2D eigenvalue weighted by molar-refractivity contribution is 0.767. The summed E-state index contributed by atoms with van der Waals surface area (Å²) in [5.74, 6) is 0.617. The monoisotopic (exact) mass is 160 g/mol. The van der Waals surface area contributed by atoms with Gasteiger partial charge in [-0.1, -0.05) is 48.1 Å². The van der Waals surface area contributed by atoms with Gasteiger partial charge in [0.2, 0.25) is 0 Å². The summed E-state index contributed by atoms with van der Waals surface area (Å²) in [5, 5.41) is 0. The van der Waals surface area contributed by atoms with Crippen molar-refractivity contribution < 1.29 is 0 Å². The minimum absolute atomic E-state index is 0.617. The Labute approximate surface area is 75.0 Å². The molecule has 0 aromatic heterocycles. The topological polar surface area (TPSA) is 0 Å². The van der Waals surface area contributed by atoms with Crippen molar-refractivity contribution in [2.75, 3.05) is 0 Å². The highest BCUT2D eigenvalue weighted by atomic mass is 14.1. The van der Waals surface area contributed by atoms with Crippen LogP contribution in [0, 0.1) is 5.92 Å². The molecular weight excluding hydrogens is 144 g/mol. The van der Waals surface area contributed by atoms with E-state index in [0.717, 1.165) is 6.42 Å². The van der Waals surface area contributed by atoms with Gasteiger partial charge in [0.15, 0.2) is 0 Å². The van der Waals surface area contributed by atoms with E-state index < -0.39 is 0 Å². The maximum atomic E-state index is 2.26. The van der Waals surface area contributed by atoms with Crippen LogP contribution in [-0.2, 0) is 0 Å². The summed E-state index contributed by atoms with van der Waals surface area (Å²) in [7, 11) is 0. The molecular formula is C12H16. The zero-order valence-corrected chi connectivity index (χ0v) is 7.83. The first kappa shape index (κ1) is 9.05. The Kier molecular flexibility index (Phi) is 3.59. The summed E-state index contributed by atoms with van der Waals surface area (Å²) >= 11 is 0. The maximum absolute atomic E-state index is 2.26. The lowest BCUT2D eigenvalue weighted by Crippen LogP contribution is -1.98. The minimum Gasteiger partial charge on any atom is -0.0877 e. The molecule has 0 amide bonds. The van der Waals surface area contributed by atoms with Crippen LogP contribution in [0.4, 0.5) is 0 Å². The van der Waals surface area contributed by atoms with Crippen LogP contribution < -0.4 is 0 Å². The summed E-state index contributed by atoms with van der Waals surface area (Å²) in [6, 6.07) is 0. The number of rotatable bonds is 2. The van der Waals surface area contributed by atoms with Gasteiger partial charge < -0.3 is 0 Å². The second kappa shape index (κ2) is 4.76. The van der Waals surface area contributed by atoms with Gasteiger partial charge in [-0.15, -0.1) is 0 Å². The number of allylic oxidation sites excluding steroid dienone is 8. The first-order valence-corrected chi connectivity index (χ1v) is 4.47. The van der Waals surface area contributed by atoms with Crippen molar-refractivity contribution in [2.45, 2.75) is 20.3 Å². The SMILES string of the molecule is C/C=C\C=C(/C)C1C=CC=CC1. The van der Waals surface area contributed by atoms with Gasteiger partial charge in [-0.3, -0.25) is 0 Å². The van der Waals surface area contributed by atoms with Gasteiger partial charge in [-0.25, -0.2) is 0 Å². The molecule has 0 saturated carbocycles. The molecule has 1 rings (SSSR count). The standard InChI is InChI=1S/C12H16/c1-3-4-8-11(2)12-9-6-5-7-10-12/h3-9,12H,10H2,1-2H3/b4-3-,11-8+. The molecule has 1 unspecified atom stereocenters. The van der Waals surface area contributed by atoms with Crippen molar-refractivity contribution >= 4 is 0 Å². The zero-order valence-electron chi connectivity index (χ0n) is 7.83. The predicted molar refractivity (Wildman–Crippen MR) is 55.0 cm³/mol. The molecule has 0 fully saturated rings. The predicted octanol–water partition coefficient (Wildman–Crippen LogP) is 3.64. The van der Waals surface area contributed by atoms with Gasteiger partial charge in [-0.2, -0.15) is 0 Å².